The number of hydrogen-bond donors (Lipinski definition) is 3. The van der Waals surface area contributed by atoms with Crippen LogP contribution in [0.5, 0.6) is 5.75 Å². The summed E-state index contributed by atoms with van der Waals surface area (Å²) in [6.07, 6.45) is 0. The Morgan fingerprint density at radius 2 is 2.26 bits per heavy atom. The highest BCUT2D eigenvalue weighted by molar-refractivity contribution is 7.13. The van der Waals surface area contributed by atoms with Crippen LogP contribution < -0.4 is 15.4 Å². The third kappa shape index (κ3) is 3.86. The van der Waals surface area contributed by atoms with Gasteiger partial charge in [0.25, 0.3) is 0 Å². The molecular weight excluding hydrogens is 314 g/mol. The number of carbonyl (C=O) groups is 1. The zero-order valence-corrected chi connectivity index (χ0v) is 13.2. The van der Waals surface area contributed by atoms with Gasteiger partial charge in [0.15, 0.2) is 5.82 Å². The fraction of sp³-hybridized carbons (Fsp3) is 0.133. The maximum atomic E-state index is 11.9. The molecule has 0 aliphatic carbocycles. The quantitative estimate of drug-likeness (QED) is 0.671. The van der Waals surface area contributed by atoms with Crippen LogP contribution >= 0.6 is 11.3 Å². The second-order valence-corrected chi connectivity index (χ2v) is 5.57. The summed E-state index contributed by atoms with van der Waals surface area (Å²) in [6.45, 7) is 0.258. The molecule has 2 amide bonds. The van der Waals surface area contributed by atoms with Crippen LogP contribution in [-0.4, -0.2) is 28.3 Å². The van der Waals surface area contributed by atoms with Crippen molar-refractivity contribution in [1.82, 2.24) is 20.5 Å². The van der Waals surface area contributed by atoms with Crippen LogP contribution in [-0.2, 0) is 6.54 Å². The van der Waals surface area contributed by atoms with Gasteiger partial charge in [-0.2, -0.15) is 5.10 Å². The molecule has 0 bridgehead atoms. The van der Waals surface area contributed by atoms with Crippen LogP contribution in [0, 0.1) is 0 Å². The van der Waals surface area contributed by atoms with Crippen molar-refractivity contribution in [2.24, 2.45) is 0 Å². The molecule has 0 radical (unpaired) electrons. The van der Waals surface area contributed by atoms with Gasteiger partial charge in [0, 0.05) is 11.8 Å². The van der Waals surface area contributed by atoms with E-state index in [-0.39, 0.29) is 12.6 Å². The number of benzene rings is 1. The van der Waals surface area contributed by atoms with Crippen molar-refractivity contribution >= 4 is 23.1 Å². The molecule has 2 heterocycles. The van der Waals surface area contributed by atoms with Crippen LogP contribution in [0.4, 0.5) is 10.5 Å². The molecule has 0 aliphatic heterocycles. The molecule has 0 saturated carbocycles. The van der Waals surface area contributed by atoms with Gasteiger partial charge in [-0.05, 0) is 23.6 Å². The SMILES string of the molecule is COc1cccc(NC(=O)NCc2nc(-c3cccs3)n[nH]2)c1. The van der Waals surface area contributed by atoms with E-state index in [4.69, 9.17) is 4.74 Å². The van der Waals surface area contributed by atoms with Gasteiger partial charge < -0.3 is 15.4 Å². The Balaban J connectivity index is 1.54. The number of aromatic nitrogens is 3. The molecule has 7 nitrogen and oxygen atoms in total. The molecule has 118 valence electrons. The molecular formula is C15H15N5O2S. The number of aromatic amines is 1. The fourth-order valence-corrected chi connectivity index (χ4v) is 2.59. The minimum Gasteiger partial charge on any atom is -0.497 e. The van der Waals surface area contributed by atoms with Crippen LogP contribution in [0.15, 0.2) is 41.8 Å². The summed E-state index contributed by atoms with van der Waals surface area (Å²) >= 11 is 1.56. The van der Waals surface area contributed by atoms with E-state index in [9.17, 15) is 4.79 Å². The number of hydrogen-bond acceptors (Lipinski definition) is 5. The fourth-order valence-electron chi connectivity index (χ4n) is 1.93. The summed E-state index contributed by atoms with van der Waals surface area (Å²) in [5.41, 5.74) is 0.652. The van der Waals surface area contributed by atoms with Gasteiger partial charge in [-0.15, -0.1) is 11.3 Å². The number of methoxy groups -OCH3 is 1. The van der Waals surface area contributed by atoms with Gasteiger partial charge in [-0.1, -0.05) is 12.1 Å². The molecule has 3 aromatic rings. The van der Waals surface area contributed by atoms with Crippen LogP contribution in [0.25, 0.3) is 10.7 Å². The van der Waals surface area contributed by atoms with Crippen molar-refractivity contribution in [2.45, 2.75) is 6.54 Å². The van der Waals surface area contributed by atoms with Crippen molar-refractivity contribution in [3.8, 4) is 16.5 Å². The van der Waals surface area contributed by atoms with Gasteiger partial charge in [0.1, 0.15) is 11.6 Å². The minimum atomic E-state index is -0.327. The molecule has 2 aromatic heterocycles. The highest BCUT2D eigenvalue weighted by atomic mass is 32.1. The number of ether oxygens (including phenoxy) is 1. The molecule has 0 atom stereocenters. The van der Waals surface area contributed by atoms with E-state index in [1.807, 2.05) is 23.6 Å². The third-order valence-corrected chi connectivity index (χ3v) is 3.88. The molecule has 3 N–H and O–H groups in total. The van der Waals surface area contributed by atoms with Crippen molar-refractivity contribution in [3.63, 3.8) is 0 Å². The highest BCUT2D eigenvalue weighted by Gasteiger charge is 2.08. The highest BCUT2D eigenvalue weighted by Crippen LogP contribution is 2.20. The molecule has 0 aliphatic rings. The molecule has 0 unspecified atom stereocenters. The first-order chi connectivity index (χ1) is 11.2. The van der Waals surface area contributed by atoms with E-state index in [0.717, 1.165) is 4.88 Å². The Labute approximate surface area is 136 Å². The van der Waals surface area contributed by atoms with Gasteiger partial charge in [0.05, 0.1) is 18.5 Å². The molecule has 0 spiro atoms. The van der Waals surface area contributed by atoms with E-state index in [1.54, 1.807) is 36.6 Å². The van der Waals surface area contributed by atoms with Gasteiger partial charge in [-0.25, -0.2) is 9.78 Å². The smallest absolute Gasteiger partial charge is 0.319 e. The van der Waals surface area contributed by atoms with E-state index < -0.39 is 0 Å². The van der Waals surface area contributed by atoms with E-state index in [1.165, 1.54) is 0 Å². The lowest BCUT2D eigenvalue weighted by atomic mass is 10.3. The number of nitrogens with one attached hydrogen (secondary N) is 3. The number of carbonyl (C=O) groups excluding carboxylic acids is 1. The number of anilines is 1. The van der Waals surface area contributed by atoms with E-state index in [2.05, 4.69) is 25.8 Å². The maximum Gasteiger partial charge on any atom is 0.319 e. The average Bonchev–Trinajstić information content (AvgIpc) is 3.24. The van der Waals surface area contributed by atoms with E-state index in [0.29, 0.717) is 23.1 Å². The summed E-state index contributed by atoms with van der Waals surface area (Å²) in [7, 11) is 1.58. The standard InChI is InChI=1S/C15H15N5O2S/c1-22-11-5-2-4-10(8-11)17-15(21)16-9-13-18-14(20-19-13)12-6-3-7-23-12/h2-8H,9H2,1H3,(H2,16,17,21)(H,18,19,20). The van der Waals surface area contributed by atoms with Crippen LogP contribution in [0.1, 0.15) is 5.82 Å². The maximum absolute atomic E-state index is 11.9. The largest absolute Gasteiger partial charge is 0.497 e. The topological polar surface area (TPSA) is 91.9 Å². The van der Waals surface area contributed by atoms with Crippen molar-refractivity contribution < 1.29 is 9.53 Å². The number of urea groups is 1. The van der Waals surface area contributed by atoms with Crippen LogP contribution in [0.2, 0.25) is 0 Å². The number of H-pyrrole nitrogens is 1. The zero-order valence-electron chi connectivity index (χ0n) is 12.4. The summed E-state index contributed by atoms with van der Waals surface area (Å²) < 4.78 is 5.11. The summed E-state index contributed by atoms with van der Waals surface area (Å²) in [4.78, 5) is 17.2. The predicted molar refractivity (Wildman–Crippen MR) is 88.5 cm³/mol. The molecule has 0 saturated heterocycles. The lowest BCUT2D eigenvalue weighted by Gasteiger charge is -2.07. The summed E-state index contributed by atoms with van der Waals surface area (Å²) in [5.74, 6) is 1.90. The Morgan fingerprint density at radius 1 is 1.35 bits per heavy atom. The minimum absolute atomic E-state index is 0.258. The first-order valence-electron chi connectivity index (χ1n) is 6.88. The van der Waals surface area contributed by atoms with Crippen LogP contribution in [0.3, 0.4) is 0 Å². The second kappa shape index (κ2) is 6.93. The van der Waals surface area contributed by atoms with Gasteiger partial charge in [-0.3, -0.25) is 5.10 Å². The van der Waals surface area contributed by atoms with E-state index >= 15 is 0 Å². The van der Waals surface area contributed by atoms with Crippen molar-refractivity contribution in [3.05, 3.63) is 47.6 Å². The normalized spacial score (nSPS) is 10.3. The molecule has 3 rings (SSSR count). The lowest BCUT2D eigenvalue weighted by molar-refractivity contribution is 0.251. The number of thiophene rings is 1. The number of amides is 2. The Bertz CT molecular complexity index is 785. The summed E-state index contributed by atoms with van der Waals surface area (Å²) in [5, 5.41) is 14.4. The Hall–Kier alpha value is -2.87. The lowest BCUT2D eigenvalue weighted by Crippen LogP contribution is -2.28. The Kier molecular flexibility index (Phi) is 4.53. The van der Waals surface area contributed by atoms with Gasteiger partial charge >= 0.3 is 6.03 Å². The number of nitrogens with zero attached hydrogens (tertiary/aromatic N) is 2. The van der Waals surface area contributed by atoms with Crippen molar-refractivity contribution in [1.29, 1.82) is 0 Å². The molecule has 23 heavy (non-hydrogen) atoms. The Morgan fingerprint density at radius 3 is 3.04 bits per heavy atom. The summed E-state index contributed by atoms with van der Waals surface area (Å²) in [6, 6.07) is 10.7. The first-order valence-corrected chi connectivity index (χ1v) is 7.76. The third-order valence-electron chi connectivity index (χ3n) is 3.02. The van der Waals surface area contributed by atoms with Gasteiger partial charge in [0.2, 0.25) is 0 Å². The first kappa shape index (κ1) is 15.0. The molecule has 8 heteroatoms. The monoisotopic (exact) mass is 329 g/mol. The zero-order chi connectivity index (χ0) is 16.1. The second-order valence-electron chi connectivity index (χ2n) is 4.62. The molecule has 1 aromatic carbocycles. The number of rotatable bonds is 5. The van der Waals surface area contributed by atoms with Crippen molar-refractivity contribution in [2.75, 3.05) is 12.4 Å². The predicted octanol–water partition coefficient (Wildman–Crippen LogP) is 2.86. The average molecular weight is 329 g/mol. The molecule has 0 fully saturated rings.